The van der Waals surface area contributed by atoms with Crippen LogP contribution in [0.2, 0.25) is 0 Å². The monoisotopic (exact) mass is 366 g/mol. The van der Waals surface area contributed by atoms with Gasteiger partial charge in [-0.25, -0.2) is 0 Å². The lowest BCUT2D eigenvalue weighted by molar-refractivity contribution is -0.139. The van der Waals surface area contributed by atoms with E-state index in [0.717, 1.165) is 42.7 Å². The van der Waals surface area contributed by atoms with Gasteiger partial charge in [-0.05, 0) is 43.4 Å². The molecule has 2 amide bonds. The molecule has 0 bridgehead atoms. The van der Waals surface area contributed by atoms with E-state index in [2.05, 4.69) is 26.6 Å². The van der Waals surface area contributed by atoms with E-state index in [1.807, 2.05) is 43.5 Å². The summed E-state index contributed by atoms with van der Waals surface area (Å²) in [5.74, 6) is -0.744. The molecule has 1 saturated heterocycles. The SMILES string of the molecule is Cc1ccc(CNC(=O)C(=O)NCC2CCN(c3cccnc3)CC2)cc1. The molecule has 2 aromatic rings. The maximum Gasteiger partial charge on any atom is 0.309 e. The molecule has 1 fully saturated rings. The molecule has 0 spiro atoms. The van der Waals surface area contributed by atoms with Crippen LogP contribution in [0, 0.1) is 12.8 Å². The molecule has 1 aliphatic heterocycles. The Morgan fingerprint density at radius 1 is 1.07 bits per heavy atom. The van der Waals surface area contributed by atoms with Crippen LogP contribution in [0.5, 0.6) is 0 Å². The number of benzene rings is 1. The zero-order valence-corrected chi connectivity index (χ0v) is 15.6. The maximum atomic E-state index is 12.0. The van der Waals surface area contributed by atoms with Crippen molar-refractivity contribution in [3.8, 4) is 0 Å². The van der Waals surface area contributed by atoms with Crippen LogP contribution in [-0.4, -0.2) is 36.4 Å². The smallest absolute Gasteiger partial charge is 0.309 e. The van der Waals surface area contributed by atoms with Gasteiger partial charge in [-0.2, -0.15) is 0 Å². The molecule has 1 aromatic heterocycles. The number of nitrogens with one attached hydrogen (secondary N) is 2. The van der Waals surface area contributed by atoms with Crippen molar-refractivity contribution in [1.29, 1.82) is 0 Å². The molecule has 0 saturated carbocycles. The fourth-order valence-electron chi connectivity index (χ4n) is 3.22. The van der Waals surface area contributed by atoms with Crippen molar-refractivity contribution in [3.05, 3.63) is 59.9 Å². The number of hydrogen-bond donors (Lipinski definition) is 2. The fraction of sp³-hybridized carbons (Fsp3) is 0.381. The summed E-state index contributed by atoms with van der Waals surface area (Å²) in [4.78, 5) is 30.4. The lowest BCUT2D eigenvalue weighted by Gasteiger charge is -2.33. The fourth-order valence-corrected chi connectivity index (χ4v) is 3.22. The third kappa shape index (κ3) is 5.54. The highest BCUT2D eigenvalue weighted by Gasteiger charge is 2.21. The summed E-state index contributed by atoms with van der Waals surface area (Å²) in [6.45, 7) is 4.78. The Hall–Kier alpha value is -2.89. The summed E-state index contributed by atoms with van der Waals surface area (Å²) in [6, 6.07) is 11.9. The van der Waals surface area contributed by atoms with E-state index < -0.39 is 11.8 Å². The first-order valence-corrected chi connectivity index (χ1v) is 9.38. The minimum Gasteiger partial charge on any atom is -0.370 e. The van der Waals surface area contributed by atoms with Gasteiger partial charge in [-0.15, -0.1) is 0 Å². The first kappa shape index (κ1) is 18.9. The highest BCUT2D eigenvalue weighted by Crippen LogP contribution is 2.21. The number of nitrogens with zero attached hydrogens (tertiary/aromatic N) is 2. The molecule has 0 atom stereocenters. The molecule has 1 aliphatic rings. The van der Waals surface area contributed by atoms with Gasteiger partial charge in [0.15, 0.2) is 0 Å². The second-order valence-electron chi connectivity index (χ2n) is 7.02. The van der Waals surface area contributed by atoms with Gasteiger partial charge < -0.3 is 15.5 Å². The molecule has 3 rings (SSSR count). The minimum atomic E-state index is -0.580. The number of hydrogen-bond acceptors (Lipinski definition) is 4. The first-order valence-electron chi connectivity index (χ1n) is 9.38. The molecule has 0 radical (unpaired) electrons. The second-order valence-corrected chi connectivity index (χ2v) is 7.02. The van der Waals surface area contributed by atoms with Crippen LogP contribution in [0.25, 0.3) is 0 Å². The third-order valence-electron chi connectivity index (χ3n) is 4.96. The zero-order chi connectivity index (χ0) is 19.1. The molecule has 27 heavy (non-hydrogen) atoms. The average molecular weight is 366 g/mol. The largest absolute Gasteiger partial charge is 0.370 e. The highest BCUT2D eigenvalue weighted by molar-refractivity contribution is 6.35. The van der Waals surface area contributed by atoms with Gasteiger partial charge in [0, 0.05) is 32.4 Å². The number of carbonyl (C=O) groups is 2. The number of amides is 2. The van der Waals surface area contributed by atoms with Crippen LogP contribution in [0.3, 0.4) is 0 Å². The van der Waals surface area contributed by atoms with Gasteiger partial charge in [-0.1, -0.05) is 29.8 Å². The van der Waals surface area contributed by atoms with E-state index in [1.165, 1.54) is 0 Å². The normalized spacial score (nSPS) is 14.6. The maximum absolute atomic E-state index is 12.0. The van der Waals surface area contributed by atoms with Crippen molar-refractivity contribution in [1.82, 2.24) is 15.6 Å². The van der Waals surface area contributed by atoms with Crippen molar-refractivity contribution in [2.75, 3.05) is 24.5 Å². The molecule has 0 unspecified atom stereocenters. The second kappa shape index (κ2) is 9.16. The Morgan fingerprint density at radius 3 is 2.44 bits per heavy atom. The summed E-state index contributed by atoms with van der Waals surface area (Å²) in [6.07, 6.45) is 5.62. The number of aromatic nitrogens is 1. The van der Waals surface area contributed by atoms with Gasteiger partial charge in [0.05, 0.1) is 11.9 Å². The van der Waals surface area contributed by atoms with Crippen LogP contribution >= 0.6 is 0 Å². The number of carbonyl (C=O) groups excluding carboxylic acids is 2. The summed E-state index contributed by atoms with van der Waals surface area (Å²) in [5, 5.41) is 5.44. The highest BCUT2D eigenvalue weighted by atomic mass is 16.2. The Kier molecular flexibility index (Phi) is 6.41. The van der Waals surface area contributed by atoms with Gasteiger partial charge in [0.25, 0.3) is 0 Å². The molecular formula is C21H26N4O2. The Balaban J connectivity index is 1.36. The number of rotatable bonds is 5. The van der Waals surface area contributed by atoms with Crippen molar-refractivity contribution < 1.29 is 9.59 Å². The topological polar surface area (TPSA) is 74.3 Å². The molecule has 6 nitrogen and oxygen atoms in total. The van der Waals surface area contributed by atoms with E-state index in [0.29, 0.717) is 19.0 Å². The lowest BCUT2D eigenvalue weighted by atomic mass is 9.96. The predicted molar refractivity (Wildman–Crippen MR) is 105 cm³/mol. The van der Waals surface area contributed by atoms with Gasteiger partial charge in [0.2, 0.25) is 0 Å². The molecular weight excluding hydrogens is 340 g/mol. The molecule has 0 aliphatic carbocycles. The standard InChI is InChI=1S/C21H26N4O2/c1-16-4-6-17(7-5-16)13-23-20(26)21(27)24-14-18-8-11-25(12-9-18)19-3-2-10-22-15-19/h2-7,10,15,18H,8-9,11-14H2,1H3,(H,23,26)(H,24,27). The minimum absolute atomic E-state index is 0.357. The van der Waals surface area contributed by atoms with Crippen molar-refractivity contribution in [2.45, 2.75) is 26.3 Å². The van der Waals surface area contributed by atoms with Gasteiger partial charge in [-0.3, -0.25) is 14.6 Å². The van der Waals surface area contributed by atoms with E-state index >= 15 is 0 Å². The lowest BCUT2D eigenvalue weighted by Crippen LogP contribution is -2.43. The molecule has 142 valence electrons. The van der Waals surface area contributed by atoms with E-state index in [1.54, 1.807) is 6.20 Å². The van der Waals surface area contributed by atoms with E-state index in [4.69, 9.17) is 0 Å². The number of aryl methyl sites for hydroxylation is 1. The van der Waals surface area contributed by atoms with Crippen molar-refractivity contribution in [2.24, 2.45) is 5.92 Å². The summed E-state index contributed by atoms with van der Waals surface area (Å²) < 4.78 is 0. The molecule has 6 heteroatoms. The van der Waals surface area contributed by atoms with Crippen LogP contribution in [0.1, 0.15) is 24.0 Å². The Labute approximate surface area is 160 Å². The van der Waals surface area contributed by atoms with Crippen LogP contribution < -0.4 is 15.5 Å². The van der Waals surface area contributed by atoms with Crippen LogP contribution in [0.15, 0.2) is 48.8 Å². The number of pyridine rings is 1. The average Bonchev–Trinajstić information content (AvgIpc) is 2.72. The summed E-state index contributed by atoms with van der Waals surface area (Å²) in [5.41, 5.74) is 3.28. The molecule has 2 N–H and O–H groups in total. The number of anilines is 1. The molecule has 1 aromatic carbocycles. The van der Waals surface area contributed by atoms with Gasteiger partial charge in [0.1, 0.15) is 0 Å². The van der Waals surface area contributed by atoms with Crippen LogP contribution in [0.4, 0.5) is 5.69 Å². The third-order valence-corrected chi connectivity index (χ3v) is 4.96. The number of piperidine rings is 1. The van der Waals surface area contributed by atoms with Crippen LogP contribution in [-0.2, 0) is 16.1 Å². The van der Waals surface area contributed by atoms with Gasteiger partial charge >= 0.3 is 11.8 Å². The zero-order valence-electron chi connectivity index (χ0n) is 15.6. The van der Waals surface area contributed by atoms with E-state index in [-0.39, 0.29) is 0 Å². The Morgan fingerprint density at radius 2 is 1.78 bits per heavy atom. The predicted octanol–water partition coefficient (Wildman–Crippen LogP) is 2.04. The van der Waals surface area contributed by atoms with E-state index in [9.17, 15) is 9.59 Å². The van der Waals surface area contributed by atoms with Crippen molar-refractivity contribution >= 4 is 17.5 Å². The Bertz CT molecular complexity index is 754. The first-order chi connectivity index (χ1) is 13.1. The quantitative estimate of drug-likeness (QED) is 0.794. The summed E-state index contributed by atoms with van der Waals surface area (Å²) in [7, 11) is 0. The van der Waals surface area contributed by atoms with Crippen molar-refractivity contribution in [3.63, 3.8) is 0 Å². The molecule has 2 heterocycles. The summed E-state index contributed by atoms with van der Waals surface area (Å²) >= 11 is 0.